The number of piperazine rings is 1. The largest absolute Gasteiger partial charge is 0.352 e. The molecule has 1 aliphatic rings. The number of thiophene rings is 1. The highest BCUT2D eigenvalue weighted by atomic mass is 32.1. The van der Waals surface area contributed by atoms with E-state index in [4.69, 9.17) is 4.98 Å². The number of rotatable bonds is 3. The third kappa shape index (κ3) is 3.17. The summed E-state index contributed by atoms with van der Waals surface area (Å²) in [7, 11) is 0. The number of carbonyl (C=O) groups excluding carboxylic acids is 1. The number of aromatic nitrogens is 2. The molecule has 1 amide bonds. The lowest BCUT2D eigenvalue weighted by molar-refractivity contribution is -0.134. The molecular formula is C17H24N4OS. The van der Waals surface area contributed by atoms with E-state index in [1.54, 1.807) is 11.3 Å². The van der Waals surface area contributed by atoms with Crippen LogP contribution in [0.4, 0.5) is 5.82 Å². The lowest BCUT2D eigenvalue weighted by atomic mass is 10.1. The van der Waals surface area contributed by atoms with Crippen molar-refractivity contribution in [3.63, 3.8) is 0 Å². The van der Waals surface area contributed by atoms with Crippen LogP contribution in [0.5, 0.6) is 0 Å². The molecule has 6 heteroatoms. The molecule has 3 heterocycles. The van der Waals surface area contributed by atoms with Gasteiger partial charge in [-0.1, -0.05) is 20.8 Å². The quantitative estimate of drug-likeness (QED) is 0.867. The van der Waals surface area contributed by atoms with Gasteiger partial charge in [-0.15, -0.1) is 11.3 Å². The fourth-order valence-corrected chi connectivity index (χ4v) is 3.99. The van der Waals surface area contributed by atoms with Crippen LogP contribution in [0.15, 0.2) is 6.07 Å². The van der Waals surface area contributed by atoms with Crippen molar-refractivity contribution in [2.45, 2.75) is 34.1 Å². The second kappa shape index (κ2) is 6.43. The summed E-state index contributed by atoms with van der Waals surface area (Å²) in [5, 5.41) is 1.15. The molecule has 0 saturated carbocycles. The lowest BCUT2D eigenvalue weighted by Crippen LogP contribution is -2.50. The molecule has 0 unspecified atom stereocenters. The zero-order valence-corrected chi connectivity index (χ0v) is 15.1. The van der Waals surface area contributed by atoms with E-state index >= 15 is 0 Å². The summed E-state index contributed by atoms with van der Waals surface area (Å²) in [5.41, 5.74) is 0. The van der Waals surface area contributed by atoms with Crippen LogP contribution < -0.4 is 4.90 Å². The fraction of sp³-hybridized carbons (Fsp3) is 0.588. The first-order valence-corrected chi connectivity index (χ1v) is 9.12. The number of nitrogens with zero attached hydrogens (tertiary/aromatic N) is 4. The number of carbonyl (C=O) groups is 1. The average Bonchev–Trinajstić information content (AvgIpc) is 2.96. The molecule has 0 atom stereocenters. The molecule has 23 heavy (non-hydrogen) atoms. The minimum atomic E-state index is 0.0681. The molecule has 5 nitrogen and oxygen atoms in total. The molecule has 0 N–H and O–H groups in total. The first-order valence-electron chi connectivity index (χ1n) is 8.30. The van der Waals surface area contributed by atoms with E-state index in [1.165, 1.54) is 4.88 Å². The maximum Gasteiger partial charge on any atom is 0.225 e. The summed E-state index contributed by atoms with van der Waals surface area (Å²) in [6.07, 6.45) is 1.02. The van der Waals surface area contributed by atoms with Gasteiger partial charge in [0.15, 0.2) is 0 Å². The van der Waals surface area contributed by atoms with Crippen molar-refractivity contribution >= 4 is 33.3 Å². The molecule has 0 aromatic carbocycles. The molecule has 1 aliphatic heterocycles. The van der Waals surface area contributed by atoms with Gasteiger partial charge in [-0.3, -0.25) is 4.79 Å². The van der Waals surface area contributed by atoms with E-state index in [2.05, 4.69) is 22.9 Å². The van der Waals surface area contributed by atoms with Crippen molar-refractivity contribution in [2.75, 3.05) is 31.1 Å². The Hall–Kier alpha value is -1.69. The van der Waals surface area contributed by atoms with E-state index in [1.807, 2.05) is 25.7 Å². The van der Waals surface area contributed by atoms with E-state index in [-0.39, 0.29) is 11.8 Å². The summed E-state index contributed by atoms with van der Waals surface area (Å²) < 4.78 is 0. The van der Waals surface area contributed by atoms with Crippen LogP contribution >= 0.6 is 11.3 Å². The van der Waals surface area contributed by atoms with Gasteiger partial charge >= 0.3 is 0 Å². The van der Waals surface area contributed by atoms with Crippen LogP contribution in [0.2, 0.25) is 0 Å². The Bertz CT molecular complexity index is 717. The zero-order chi connectivity index (χ0) is 16.6. The van der Waals surface area contributed by atoms with E-state index in [9.17, 15) is 4.79 Å². The molecule has 2 aromatic heterocycles. The van der Waals surface area contributed by atoms with Crippen molar-refractivity contribution in [2.24, 2.45) is 5.92 Å². The van der Waals surface area contributed by atoms with Crippen LogP contribution in [-0.4, -0.2) is 47.0 Å². The van der Waals surface area contributed by atoms with Gasteiger partial charge in [0.25, 0.3) is 0 Å². The monoisotopic (exact) mass is 332 g/mol. The highest BCUT2D eigenvalue weighted by Crippen LogP contribution is 2.31. The molecule has 3 rings (SSSR count). The van der Waals surface area contributed by atoms with E-state index < -0.39 is 0 Å². The van der Waals surface area contributed by atoms with Crippen molar-refractivity contribution in [1.29, 1.82) is 0 Å². The summed E-state index contributed by atoms with van der Waals surface area (Å²) in [6.45, 7) is 11.3. The third-order valence-electron chi connectivity index (χ3n) is 4.27. The first kappa shape index (κ1) is 16.2. The van der Waals surface area contributed by atoms with Crippen LogP contribution in [0.1, 0.15) is 31.5 Å². The van der Waals surface area contributed by atoms with Gasteiger partial charge in [0, 0.05) is 37.0 Å². The van der Waals surface area contributed by atoms with Crippen LogP contribution in [-0.2, 0) is 11.2 Å². The Morgan fingerprint density at radius 1 is 1.26 bits per heavy atom. The van der Waals surface area contributed by atoms with Gasteiger partial charge in [0.05, 0.1) is 5.39 Å². The minimum Gasteiger partial charge on any atom is -0.352 e. The topological polar surface area (TPSA) is 49.3 Å². The summed E-state index contributed by atoms with van der Waals surface area (Å²) >= 11 is 1.76. The molecule has 124 valence electrons. The van der Waals surface area contributed by atoms with Gasteiger partial charge in [0.2, 0.25) is 5.91 Å². The molecule has 1 saturated heterocycles. The number of anilines is 1. The van der Waals surface area contributed by atoms with E-state index in [0.717, 1.165) is 54.5 Å². The maximum absolute atomic E-state index is 12.1. The smallest absolute Gasteiger partial charge is 0.225 e. The maximum atomic E-state index is 12.1. The van der Waals surface area contributed by atoms with Gasteiger partial charge in [-0.2, -0.15) is 0 Å². The molecule has 0 radical (unpaired) electrons. The molecular weight excluding hydrogens is 308 g/mol. The van der Waals surface area contributed by atoms with Gasteiger partial charge in [0.1, 0.15) is 16.5 Å². The Kier molecular flexibility index (Phi) is 4.53. The standard InChI is InChI=1S/C17H24N4OS/c1-5-13-10-14-15(18-12(4)19-16(14)23-13)20-6-8-21(9-7-20)17(22)11(2)3/h10-11H,5-9H2,1-4H3. The van der Waals surface area contributed by atoms with Crippen LogP contribution in [0.3, 0.4) is 0 Å². The normalized spacial score (nSPS) is 15.7. The highest BCUT2D eigenvalue weighted by molar-refractivity contribution is 7.18. The number of hydrogen-bond donors (Lipinski definition) is 0. The Morgan fingerprint density at radius 2 is 1.96 bits per heavy atom. The molecule has 0 aliphatic carbocycles. The average molecular weight is 332 g/mol. The molecule has 0 bridgehead atoms. The van der Waals surface area contributed by atoms with Gasteiger partial charge in [-0.25, -0.2) is 9.97 Å². The Morgan fingerprint density at radius 3 is 2.57 bits per heavy atom. The highest BCUT2D eigenvalue weighted by Gasteiger charge is 2.25. The van der Waals surface area contributed by atoms with Crippen molar-refractivity contribution in [1.82, 2.24) is 14.9 Å². The Labute approximate surface area is 141 Å². The second-order valence-corrected chi connectivity index (χ2v) is 7.46. The summed E-state index contributed by atoms with van der Waals surface area (Å²) in [6, 6.07) is 2.22. The van der Waals surface area contributed by atoms with Gasteiger partial charge < -0.3 is 9.80 Å². The first-order chi connectivity index (χ1) is 11.0. The number of fused-ring (bicyclic) bond motifs is 1. The molecule has 1 fully saturated rings. The van der Waals surface area contributed by atoms with Crippen LogP contribution in [0.25, 0.3) is 10.2 Å². The third-order valence-corrected chi connectivity index (χ3v) is 5.44. The Balaban J connectivity index is 1.84. The van der Waals surface area contributed by atoms with E-state index in [0.29, 0.717) is 0 Å². The number of amides is 1. The predicted octanol–water partition coefficient (Wildman–Crippen LogP) is 2.87. The van der Waals surface area contributed by atoms with Crippen molar-refractivity contribution in [3.8, 4) is 0 Å². The fourth-order valence-electron chi connectivity index (χ4n) is 2.98. The lowest BCUT2D eigenvalue weighted by Gasteiger charge is -2.36. The molecule has 2 aromatic rings. The van der Waals surface area contributed by atoms with Gasteiger partial charge in [-0.05, 0) is 19.4 Å². The minimum absolute atomic E-state index is 0.0681. The van der Waals surface area contributed by atoms with Crippen molar-refractivity contribution < 1.29 is 4.79 Å². The predicted molar refractivity (Wildman–Crippen MR) is 95.2 cm³/mol. The van der Waals surface area contributed by atoms with Crippen LogP contribution in [0, 0.1) is 12.8 Å². The van der Waals surface area contributed by atoms with Crippen molar-refractivity contribution in [3.05, 3.63) is 16.8 Å². The second-order valence-electron chi connectivity index (χ2n) is 6.35. The summed E-state index contributed by atoms with van der Waals surface area (Å²) in [4.78, 5) is 28.1. The number of aryl methyl sites for hydroxylation is 2. The SMILES string of the molecule is CCc1cc2c(N3CCN(C(=O)C(C)C)CC3)nc(C)nc2s1. The summed E-state index contributed by atoms with van der Waals surface area (Å²) in [5.74, 6) is 2.16. The number of hydrogen-bond acceptors (Lipinski definition) is 5. The molecule has 0 spiro atoms. The zero-order valence-electron chi connectivity index (χ0n) is 14.3.